The molecule has 0 aliphatic carbocycles. The topological polar surface area (TPSA) is 128 Å². The summed E-state index contributed by atoms with van der Waals surface area (Å²) in [4.78, 5) is 12.8. The Morgan fingerprint density at radius 3 is 2.91 bits per heavy atom. The van der Waals surface area contributed by atoms with Gasteiger partial charge in [0.25, 0.3) is 15.9 Å². The number of fused-ring (bicyclic) bond motifs is 1. The second-order valence-electron chi connectivity index (χ2n) is 7.10. The first-order chi connectivity index (χ1) is 15.5. The second-order valence-corrected chi connectivity index (χ2v) is 10.2. The molecule has 1 aliphatic heterocycles. The van der Waals surface area contributed by atoms with E-state index in [1.54, 1.807) is 30.7 Å². The number of sulfonamides is 1. The van der Waals surface area contributed by atoms with Crippen LogP contribution >= 0.6 is 11.3 Å². The molecular weight excluding hydrogens is 456 g/mol. The van der Waals surface area contributed by atoms with Gasteiger partial charge < -0.3 is 13.6 Å². The predicted octanol–water partition coefficient (Wildman–Crippen LogP) is 3.34. The largest absolute Gasteiger partial charge is 0.493 e. The van der Waals surface area contributed by atoms with Crippen LogP contribution in [0, 0.1) is 0 Å². The molecule has 1 aliphatic rings. The maximum atomic E-state index is 12.9. The number of furan rings is 1. The molecular formula is C20H18N4O6S2. The van der Waals surface area contributed by atoms with E-state index in [0.29, 0.717) is 29.9 Å². The third-order valence-electron chi connectivity index (χ3n) is 5.16. The van der Waals surface area contributed by atoms with Gasteiger partial charge in [-0.25, -0.2) is 8.42 Å². The van der Waals surface area contributed by atoms with Gasteiger partial charge in [-0.05, 0) is 36.4 Å². The Morgan fingerprint density at radius 1 is 1.25 bits per heavy atom. The van der Waals surface area contributed by atoms with Crippen LogP contribution in [0.3, 0.4) is 0 Å². The van der Waals surface area contributed by atoms with E-state index in [1.807, 2.05) is 12.1 Å². The number of hydrogen-bond acceptors (Lipinski definition) is 9. The van der Waals surface area contributed by atoms with Gasteiger partial charge in [0.15, 0.2) is 17.1 Å². The van der Waals surface area contributed by atoms with Crippen LogP contribution in [0.1, 0.15) is 12.8 Å². The summed E-state index contributed by atoms with van der Waals surface area (Å²) in [5.74, 6) is 0.437. The molecule has 12 heteroatoms. The molecule has 1 unspecified atom stereocenters. The van der Waals surface area contributed by atoms with Gasteiger partial charge in [-0.15, -0.1) is 16.4 Å². The molecule has 0 saturated carbocycles. The maximum absolute atomic E-state index is 12.9. The summed E-state index contributed by atoms with van der Waals surface area (Å²) in [7, 11) is -2.20. The van der Waals surface area contributed by atoms with Crippen LogP contribution in [-0.4, -0.2) is 48.5 Å². The first-order valence-electron chi connectivity index (χ1n) is 9.74. The molecule has 1 N–H and O–H groups in total. The zero-order chi connectivity index (χ0) is 22.3. The summed E-state index contributed by atoms with van der Waals surface area (Å²) < 4.78 is 43.8. The van der Waals surface area contributed by atoms with Crippen molar-refractivity contribution in [2.45, 2.75) is 23.1 Å². The van der Waals surface area contributed by atoms with Gasteiger partial charge in [-0.3, -0.25) is 10.1 Å². The monoisotopic (exact) mass is 474 g/mol. The van der Waals surface area contributed by atoms with Crippen LogP contribution in [0.15, 0.2) is 54.8 Å². The van der Waals surface area contributed by atoms with Crippen molar-refractivity contribution in [1.82, 2.24) is 14.5 Å². The number of methoxy groups -OCH3 is 1. The Morgan fingerprint density at radius 2 is 2.12 bits per heavy atom. The van der Waals surface area contributed by atoms with Crippen molar-refractivity contribution in [3.05, 3.63) is 41.8 Å². The first-order valence-corrected chi connectivity index (χ1v) is 12.1. The standard InChI is InChI=1S/C20H18N4O6S2/c1-28-14-7-2-5-12-11-15(29-17(12)14)19-22-23-20(30-19)21-18(25)13-6-3-9-24(13)32(26,27)16-8-4-10-31-16/h2,4-5,7-8,10-11,13H,3,6,9H2,1H3,(H,21,23,25). The van der Waals surface area contributed by atoms with E-state index in [2.05, 4.69) is 15.5 Å². The van der Waals surface area contributed by atoms with E-state index >= 15 is 0 Å². The number of carbonyl (C=O) groups is 1. The number of nitrogens with zero attached hydrogens (tertiary/aromatic N) is 3. The molecule has 4 heterocycles. The quantitative estimate of drug-likeness (QED) is 0.451. The summed E-state index contributed by atoms with van der Waals surface area (Å²) in [6.45, 7) is 0.272. The average Bonchev–Trinajstić information content (AvgIpc) is 3.58. The molecule has 4 aromatic rings. The van der Waals surface area contributed by atoms with Crippen molar-refractivity contribution >= 4 is 44.3 Å². The van der Waals surface area contributed by atoms with E-state index in [1.165, 1.54) is 10.4 Å². The molecule has 0 bridgehead atoms. The van der Waals surface area contributed by atoms with Crippen LogP contribution in [0.25, 0.3) is 22.6 Å². The average molecular weight is 475 g/mol. The second kappa shape index (κ2) is 8.04. The number of amides is 1. The van der Waals surface area contributed by atoms with Gasteiger partial charge in [0, 0.05) is 11.9 Å². The number of aromatic nitrogens is 2. The molecule has 0 radical (unpaired) electrons. The lowest BCUT2D eigenvalue weighted by atomic mass is 10.2. The number of benzene rings is 1. The summed E-state index contributed by atoms with van der Waals surface area (Å²) in [5.41, 5.74) is 0.536. The molecule has 1 amide bonds. The lowest BCUT2D eigenvalue weighted by Crippen LogP contribution is -2.42. The number of carbonyl (C=O) groups excluding carboxylic acids is 1. The van der Waals surface area contributed by atoms with E-state index in [0.717, 1.165) is 16.7 Å². The lowest BCUT2D eigenvalue weighted by molar-refractivity contribution is -0.119. The third-order valence-corrected chi connectivity index (χ3v) is 8.44. The van der Waals surface area contributed by atoms with Crippen molar-refractivity contribution in [2.24, 2.45) is 0 Å². The fraction of sp³-hybridized carbons (Fsp3) is 0.250. The fourth-order valence-electron chi connectivity index (χ4n) is 3.68. The van der Waals surface area contributed by atoms with E-state index in [9.17, 15) is 13.2 Å². The number of hydrogen-bond donors (Lipinski definition) is 1. The van der Waals surface area contributed by atoms with Crippen molar-refractivity contribution in [3.8, 4) is 17.4 Å². The van der Waals surface area contributed by atoms with Gasteiger partial charge in [-0.2, -0.15) is 4.31 Å². The van der Waals surface area contributed by atoms with Crippen molar-refractivity contribution < 1.29 is 26.8 Å². The minimum atomic E-state index is -3.74. The molecule has 32 heavy (non-hydrogen) atoms. The van der Waals surface area contributed by atoms with Crippen LogP contribution in [0.2, 0.25) is 0 Å². The highest BCUT2D eigenvalue weighted by molar-refractivity contribution is 7.91. The lowest BCUT2D eigenvalue weighted by Gasteiger charge is -2.21. The van der Waals surface area contributed by atoms with Gasteiger partial charge in [-0.1, -0.05) is 23.3 Å². The minimum Gasteiger partial charge on any atom is -0.493 e. The third kappa shape index (κ3) is 3.55. The molecule has 1 saturated heterocycles. The first kappa shape index (κ1) is 20.7. The zero-order valence-electron chi connectivity index (χ0n) is 16.8. The van der Waals surface area contributed by atoms with Gasteiger partial charge in [0.1, 0.15) is 10.3 Å². The molecule has 166 valence electrons. The van der Waals surface area contributed by atoms with Crippen LogP contribution in [0.5, 0.6) is 5.75 Å². The minimum absolute atomic E-state index is 0.0769. The van der Waals surface area contributed by atoms with Crippen molar-refractivity contribution in [1.29, 1.82) is 0 Å². The van der Waals surface area contributed by atoms with Crippen LogP contribution in [0.4, 0.5) is 6.01 Å². The summed E-state index contributed by atoms with van der Waals surface area (Å²) >= 11 is 1.12. The highest BCUT2D eigenvalue weighted by Crippen LogP contribution is 2.33. The molecule has 5 rings (SSSR count). The summed E-state index contributed by atoms with van der Waals surface area (Å²) in [6, 6.07) is 9.38. The smallest absolute Gasteiger partial charge is 0.322 e. The Hall–Kier alpha value is -3.22. The number of rotatable bonds is 6. The Bertz CT molecular complexity index is 1380. The van der Waals surface area contributed by atoms with Gasteiger partial charge in [0.2, 0.25) is 5.91 Å². The highest BCUT2D eigenvalue weighted by atomic mass is 32.2. The maximum Gasteiger partial charge on any atom is 0.322 e. The number of nitrogens with one attached hydrogen (secondary N) is 1. The van der Waals surface area contributed by atoms with E-state index < -0.39 is 22.0 Å². The SMILES string of the molecule is COc1cccc2cc(-c3nnc(NC(=O)C4CCCN4S(=O)(=O)c4cccs4)o3)oc12. The summed E-state index contributed by atoms with van der Waals surface area (Å²) in [5, 5.41) is 12.8. The van der Waals surface area contributed by atoms with E-state index in [-0.39, 0.29) is 22.7 Å². The van der Waals surface area contributed by atoms with Crippen LogP contribution < -0.4 is 10.1 Å². The normalized spacial score (nSPS) is 17.1. The van der Waals surface area contributed by atoms with Crippen molar-refractivity contribution in [2.75, 3.05) is 19.0 Å². The fourth-order valence-corrected chi connectivity index (χ4v) is 6.46. The Labute approximate surface area is 186 Å². The molecule has 0 spiro atoms. The van der Waals surface area contributed by atoms with E-state index in [4.69, 9.17) is 13.6 Å². The number of ether oxygens (including phenoxy) is 1. The number of para-hydroxylation sites is 1. The Balaban J connectivity index is 1.35. The van der Waals surface area contributed by atoms with Crippen molar-refractivity contribution in [3.63, 3.8) is 0 Å². The van der Waals surface area contributed by atoms with Gasteiger partial charge >= 0.3 is 6.01 Å². The summed E-state index contributed by atoms with van der Waals surface area (Å²) in [6.07, 6.45) is 0.986. The molecule has 1 aromatic carbocycles. The number of anilines is 1. The number of thiophene rings is 1. The van der Waals surface area contributed by atoms with Gasteiger partial charge in [0.05, 0.1) is 7.11 Å². The molecule has 10 nitrogen and oxygen atoms in total. The van der Waals surface area contributed by atoms with Crippen LogP contribution in [-0.2, 0) is 14.8 Å². The predicted molar refractivity (Wildman–Crippen MR) is 116 cm³/mol. The molecule has 1 atom stereocenters. The molecule has 1 fully saturated rings. The Kier molecular flexibility index (Phi) is 5.19. The molecule has 3 aromatic heterocycles. The highest BCUT2D eigenvalue weighted by Gasteiger charge is 2.40. The zero-order valence-corrected chi connectivity index (χ0v) is 18.5.